The van der Waals surface area contributed by atoms with Gasteiger partial charge in [0.15, 0.2) is 11.5 Å². The second-order valence-electron chi connectivity index (χ2n) is 7.99. The number of nitrogens with one attached hydrogen (secondary N) is 1. The molecule has 1 heterocycles. The summed E-state index contributed by atoms with van der Waals surface area (Å²) >= 11 is 22.4. The zero-order valence-corrected chi connectivity index (χ0v) is 23.1. The van der Waals surface area contributed by atoms with E-state index in [-0.39, 0.29) is 0 Å². The number of morpholine rings is 1. The van der Waals surface area contributed by atoms with Gasteiger partial charge in [-0.1, -0.05) is 40.9 Å². The number of anilines is 2. The third-order valence-corrected chi connectivity index (χ3v) is 7.16. The van der Waals surface area contributed by atoms with Gasteiger partial charge in [-0.25, -0.2) is 0 Å². The zero-order valence-electron chi connectivity index (χ0n) is 19.3. The van der Waals surface area contributed by atoms with E-state index in [4.69, 9.17) is 49.0 Å². The predicted molar refractivity (Wildman–Crippen MR) is 148 cm³/mol. The van der Waals surface area contributed by atoms with E-state index in [1.165, 1.54) is 0 Å². The van der Waals surface area contributed by atoms with Crippen molar-refractivity contribution in [3.05, 3.63) is 79.2 Å². The highest BCUT2D eigenvalue weighted by Crippen LogP contribution is 2.38. The summed E-state index contributed by atoms with van der Waals surface area (Å²) in [5.74, 6) is 1.30. The number of hydrogen-bond donors (Lipinski definition) is 1. The lowest BCUT2D eigenvalue weighted by atomic mass is 10.2. The Bertz CT molecular complexity index is 1170. The van der Waals surface area contributed by atoms with E-state index in [0.29, 0.717) is 41.3 Å². The molecule has 0 aliphatic carbocycles. The van der Waals surface area contributed by atoms with Gasteiger partial charge in [-0.2, -0.15) is 0 Å². The van der Waals surface area contributed by atoms with Crippen LogP contribution < -0.4 is 19.7 Å². The second-order valence-corrected chi connectivity index (χ2v) is 10.1. The van der Waals surface area contributed by atoms with E-state index in [2.05, 4.69) is 32.2 Å². The maximum Gasteiger partial charge on any atom is 0.175 e. The van der Waals surface area contributed by atoms with Gasteiger partial charge in [0.2, 0.25) is 0 Å². The Labute approximate surface area is 229 Å². The lowest BCUT2D eigenvalue weighted by Crippen LogP contribution is -2.36. The number of hydrogen-bond acceptors (Lipinski definition) is 5. The van der Waals surface area contributed by atoms with E-state index >= 15 is 0 Å². The summed E-state index contributed by atoms with van der Waals surface area (Å²) in [6, 6.07) is 15.5. The Balaban J connectivity index is 1.44. The minimum Gasteiger partial charge on any atom is -0.490 e. The fraction of sp³-hybridized carbons (Fsp3) is 0.308. The van der Waals surface area contributed by atoms with E-state index < -0.39 is 0 Å². The third kappa shape index (κ3) is 6.89. The summed E-state index contributed by atoms with van der Waals surface area (Å²) in [4.78, 5) is 2.25. The third-order valence-electron chi connectivity index (χ3n) is 5.53. The molecule has 0 atom stereocenters. The number of rotatable bonds is 9. The van der Waals surface area contributed by atoms with Gasteiger partial charge in [-0.3, -0.25) is 0 Å². The van der Waals surface area contributed by atoms with Crippen LogP contribution in [0.1, 0.15) is 18.1 Å². The Hall–Kier alpha value is -1.83. The van der Waals surface area contributed by atoms with Gasteiger partial charge in [0.1, 0.15) is 6.61 Å². The molecule has 4 rings (SSSR count). The molecule has 35 heavy (non-hydrogen) atoms. The smallest absolute Gasteiger partial charge is 0.175 e. The highest BCUT2D eigenvalue weighted by atomic mass is 79.9. The molecule has 1 N–H and O–H groups in total. The van der Waals surface area contributed by atoms with Crippen LogP contribution in [0.4, 0.5) is 11.4 Å². The molecule has 5 nitrogen and oxygen atoms in total. The van der Waals surface area contributed by atoms with Crippen LogP contribution in [0.5, 0.6) is 11.5 Å². The predicted octanol–water partition coefficient (Wildman–Crippen LogP) is 7.84. The Kier molecular flexibility index (Phi) is 9.31. The van der Waals surface area contributed by atoms with Crippen molar-refractivity contribution in [2.75, 3.05) is 43.1 Å². The highest BCUT2D eigenvalue weighted by molar-refractivity contribution is 9.10. The summed E-state index contributed by atoms with van der Waals surface area (Å²) in [7, 11) is 0. The first kappa shape index (κ1) is 26.2. The van der Waals surface area contributed by atoms with Crippen molar-refractivity contribution in [2.24, 2.45) is 0 Å². The van der Waals surface area contributed by atoms with Crippen LogP contribution in [-0.4, -0.2) is 32.9 Å². The Morgan fingerprint density at radius 2 is 1.71 bits per heavy atom. The second kappa shape index (κ2) is 12.4. The molecule has 3 aromatic rings. The minimum absolute atomic E-state index is 0.334. The zero-order chi connectivity index (χ0) is 24.8. The summed E-state index contributed by atoms with van der Waals surface area (Å²) in [5.41, 5.74) is 3.93. The first-order valence-electron chi connectivity index (χ1n) is 11.3. The van der Waals surface area contributed by atoms with E-state index in [1.807, 2.05) is 37.3 Å². The van der Waals surface area contributed by atoms with Gasteiger partial charge in [-0.05, 0) is 76.4 Å². The van der Waals surface area contributed by atoms with Crippen molar-refractivity contribution in [3.63, 3.8) is 0 Å². The van der Waals surface area contributed by atoms with E-state index in [0.717, 1.165) is 58.3 Å². The summed E-state index contributed by atoms with van der Waals surface area (Å²) in [6.07, 6.45) is 0. The van der Waals surface area contributed by atoms with Gasteiger partial charge in [-0.15, -0.1) is 0 Å². The van der Waals surface area contributed by atoms with Crippen LogP contribution in [0, 0.1) is 0 Å². The van der Waals surface area contributed by atoms with Crippen molar-refractivity contribution in [2.45, 2.75) is 20.1 Å². The molecule has 0 saturated carbocycles. The molecule has 9 heteroatoms. The fourth-order valence-corrected chi connectivity index (χ4v) is 5.02. The number of nitrogens with zero attached hydrogens (tertiary/aromatic N) is 1. The topological polar surface area (TPSA) is 43.0 Å². The summed E-state index contributed by atoms with van der Waals surface area (Å²) in [6.45, 7) is 6.53. The molecule has 0 bridgehead atoms. The lowest BCUT2D eigenvalue weighted by Gasteiger charge is -2.29. The monoisotopic (exact) mass is 598 g/mol. The number of ether oxygens (including phenoxy) is 3. The molecule has 0 aromatic heterocycles. The first-order valence-corrected chi connectivity index (χ1v) is 13.3. The van der Waals surface area contributed by atoms with Gasteiger partial charge in [0.05, 0.1) is 45.0 Å². The van der Waals surface area contributed by atoms with Crippen LogP contribution in [-0.2, 0) is 17.9 Å². The molecule has 1 fully saturated rings. The fourth-order valence-electron chi connectivity index (χ4n) is 3.79. The quantitative estimate of drug-likeness (QED) is 0.271. The highest BCUT2D eigenvalue weighted by Gasteiger charge is 2.16. The number of halogens is 4. The molecule has 0 radical (unpaired) electrons. The molecule has 0 unspecified atom stereocenters. The molecule has 3 aromatic carbocycles. The SMILES string of the molecule is CCOc1cc(CNc2ccc(N3CCOCC3)c(Cl)c2)cc(Br)c1OCc1ccc(Cl)c(Cl)c1. The first-order chi connectivity index (χ1) is 16.9. The van der Waals surface area contributed by atoms with Crippen LogP contribution in [0.3, 0.4) is 0 Å². The van der Waals surface area contributed by atoms with Crippen LogP contribution in [0.15, 0.2) is 53.0 Å². The molecule has 0 spiro atoms. The van der Waals surface area contributed by atoms with Gasteiger partial charge < -0.3 is 24.4 Å². The Morgan fingerprint density at radius 3 is 2.43 bits per heavy atom. The number of benzene rings is 3. The molecule has 1 aliphatic rings. The molecular formula is C26H26BrCl3N2O3. The van der Waals surface area contributed by atoms with Crippen molar-refractivity contribution < 1.29 is 14.2 Å². The van der Waals surface area contributed by atoms with Crippen molar-refractivity contribution >= 4 is 62.1 Å². The Morgan fingerprint density at radius 1 is 0.914 bits per heavy atom. The van der Waals surface area contributed by atoms with Crippen LogP contribution >= 0.6 is 50.7 Å². The minimum atomic E-state index is 0.334. The molecule has 186 valence electrons. The molecule has 1 saturated heterocycles. The van der Waals surface area contributed by atoms with Gasteiger partial charge in [0, 0.05) is 25.3 Å². The van der Waals surface area contributed by atoms with E-state index in [1.54, 1.807) is 12.1 Å². The average Bonchev–Trinajstić information content (AvgIpc) is 2.85. The maximum atomic E-state index is 6.58. The van der Waals surface area contributed by atoms with Crippen molar-refractivity contribution in [1.82, 2.24) is 0 Å². The standard InChI is InChI=1S/C26H26BrCl3N2O3/c1-2-34-25-13-18(11-20(27)26(25)35-16-17-3-5-21(28)22(29)12-17)15-31-19-4-6-24(23(30)14-19)32-7-9-33-10-8-32/h3-6,11-14,31H,2,7-10,15-16H2,1H3. The lowest BCUT2D eigenvalue weighted by molar-refractivity contribution is 0.122. The molecular weight excluding hydrogens is 575 g/mol. The van der Waals surface area contributed by atoms with Crippen molar-refractivity contribution in [1.29, 1.82) is 0 Å². The molecule has 1 aliphatic heterocycles. The van der Waals surface area contributed by atoms with Gasteiger partial charge >= 0.3 is 0 Å². The van der Waals surface area contributed by atoms with Crippen molar-refractivity contribution in [3.8, 4) is 11.5 Å². The normalized spacial score (nSPS) is 13.6. The molecule has 0 amide bonds. The van der Waals surface area contributed by atoms with Crippen LogP contribution in [0.2, 0.25) is 15.1 Å². The summed E-state index contributed by atoms with van der Waals surface area (Å²) in [5, 5.41) is 5.18. The summed E-state index contributed by atoms with van der Waals surface area (Å²) < 4.78 is 18.2. The maximum absolute atomic E-state index is 6.58. The van der Waals surface area contributed by atoms with Crippen LogP contribution in [0.25, 0.3) is 0 Å². The largest absolute Gasteiger partial charge is 0.490 e. The van der Waals surface area contributed by atoms with Gasteiger partial charge in [0.25, 0.3) is 0 Å². The average molecular weight is 601 g/mol. The van der Waals surface area contributed by atoms with E-state index in [9.17, 15) is 0 Å².